The zero-order valence-electron chi connectivity index (χ0n) is 11.5. The van der Waals surface area contributed by atoms with Gasteiger partial charge in [0.25, 0.3) is 0 Å². The first-order valence-corrected chi connectivity index (χ1v) is 7.10. The van der Waals surface area contributed by atoms with Crippen molar-refractivity contribution in [2.24, 2.45) is 5.73 Å². The van der Waals surface area contributed by atoms with Crippen LogP contribution >= 0.6 is 0 Å². The lowest BCUT2D eigenvalue weighted by atomic mass is 9.77. The maximum Gasteiger partial charge on any atom is 0.123 e. The standard InChI is InChI=1S/C16H23NO/c1-15(2)11-12-6-7-13(10-14(12)18-15)16(17)8-4-3-5-9-16/h6-7,10H,3-5,8-9,11,17H2,1-2H3. The fraction of sp³-hybridized carbons (Fsp3) is 0.625. The van der Waals surface area contributed by atoms with Gasteiger partial charge in [0.2, 0.25) is 0 Å². The molecule has 0 radical (unpaired) electrons. The fourth-order valence-corrected chi connectivity index (χ4v) is 3.37. The Bertz CT molecular complexity index is 458. The Morgan fingerprint density at radius 2 is 1.83 bits per heavy atom. The average Bonchev–Trinajstić information content (AvgIpc) is 2.62. The van der Waals surface area contributed by atoms with Crippen molar-refractivity contribution >= 4 is 0 Å². The second-order valence-electron chi connectivity index (χ2n) is 6.58. The number of hydrogen-bond donors (Lipinski definition) is 1. The van der Waals surface area contributed by atoms with Crippen LogP contribution in [-0.4, -0.2) is 5.60 Å². The van der Waals surface area contributed by atoms with E-state index in [1.165, 1.54) is 30.4 Å². The summed E-state index contributed by atoms with van der Waals surface area (Å²) < 4.78 is 6.02. The second-order valence-corrected chi connectivity index (χ2v) is 6.58. The number of benzene rings is 1. The molecule has 1 aromatic rings. The Balaban J connectivity index is 1.92. The minimum Gasteiger partial charge on any atom is -0.487 e. The van der Waals surface area contributed by atoms with Crippen LogP contribution in [-0.2, 0) is 12.0 Å². The number of ether oxygens (including phenoxy) is 1. The predicted molar refractivity (Wildman–Crippen MR) is 73.8 cm³/mol. The van der Waals surface area contributed by atoms with E-state index in [-0.39, 0.29) is 11.1 Å². The molecule has 1 fully saturated rings. The van der Waals surface area contributed by atoms with E-state index in [1.54, 1.807) is 0 Å². The highest BCUT2D eigenvalue weighted by Crippen LogP contribution is 2.40. The number of rotatable bonds is 1. The van der Waals surface area contributed by atoms with Crippen molar-refractivity contribution < 1.29 is 4.74 Å². The molecule has 0 saturated heterocycles. The van der Waals surface area contributed by atoms with E-state index in [4.69, 9.17) is 10.5 Å². The third-order valence-corrected chi connectivity index (χ3v) is 4.39. The van der Waals surface area contributed by atoms with E-state index >= 15 is 0 Å². The monoisotopic (exact) mass is 245 g/mol. The van der Waals surface area contributed by atoms with Gasteiger partial charge < -0.3 is 10.5 Å². The highest BCUT2D eigenvalue weighted by Gasteiger charge is 2.34. The summed E-state index contributed by atoms with van der Waals surface area (Å²) in [7, 11) is 0. The van der Waals surface area contributed by atoms with Crippen molar-refractivity contribution in [1.29, 1.82) is 0 Å². The van der Waals surface area contributed by atoms with Crippen LogP contribution in [0.2, 0.25) is 0 Å². The molecule has 1 saturated carbocycles. The van der Waals surface area contributed by atoms with Gasteiger partial charge in [0.05, 0.1) is 0 Å². The molecule has 3 rings (SSSR count). The van der Waals surface area contributed by atoms with Crippen molar-refractivity contribution in [1.82, 2.24) is 0 Å². The quantitative estimate of drug-likeness (QED) is 0.821. The molecule has 2 aliphatic rings. The zero-order valence-corrected chi connectivity index (χ0v) is 11.5. The van der Waals surface area contributed by atoms with Gasteiger partial charge in [0, 0.05) is 12.0 Å². The van der Waals surface area contributed by atoms with E-state index < -0.39 is 0 Å². The summed E-state index contributed by atoms with van der Waals surface area (Å²) in [5, 5.41) is 0. The minimum atomic E-state index is -0.122. The van der Waals surface area contributed by atoms with Gasteiger partial charge in [-0.15, -0.1) is 0 Å². The maximum atomic E-state index is 6.59. The summed E-state index contributed by atoms with van der Waals surface area (Å²) in [5.41, 5.74) is 8.99. The summed E-state index contributed by atoms with van der Waals surface area (Å²) in [6.07, 6.45) is 7.04. The van der Waals surface area contributed by atoms with E-state index in [0.29, 0.717) is 0 Å². The van der Waals surface area contributed by atoms with Crippen molar-refractivity contribution in [2.75, 3.05) is 0 Å². The second kappa shape index (κ2) is 3.99. The lowest BCUT2D eigenvalue weighted by Crippen LogP contribution is -2.38. The highest BCUT2D eigenvalue weighted by atomic mass is 16.5. The lowest BCUT2D eigenvalue weighted by Gasteiger charge is -2.34. The summed E-state index contributed by atoms with van der Waals surface area (Å²) in [6.45, 7) is 4.29. The van der Waals surface area contributed by atoms with E-state index in [1.807, 2.05) is 0 Å². The molecular formula is C16H23NO. The van der Waals surface area contributed by atoms with Gasteiger partial charge >= 0.3 is 0 Å². The van der Waals surface area contributed by atoms with Crippen LogP contribution in [0.1, 0.15) is 57.1 Å². The van der Waals surface area contributed by atoms with Gasteiger partial charge in [-0.25, -0.2) is 0 Å². The molecule has 18 heavy (non-hydrogen) atoms. The summed E-state index contributed by atoms with van der Waals surface area (Å²) >= 11 is 0. The third kappa shape index (κ3) is 2.03. The zero-order chi connectivity index (χ0) is 12.8. The molecule has 2 nitrogen and oxygen atoms in total. The molecule has 1 aliphatic carbocycles. The Hall–Kier alpha value is -1.02. The molecule has 1 aromatic carbocycles. The Morgan fingerprint density at radius 1 is 1.11 bits per heavy atom. The molecule has 0 atom stereocenters. The van der Waals surface area contributed by atoms with Crippen LogP contribution < -0.4 is 10.5 Å². The highest BCUT2D eigenvalue weighted by molar-refractivity contribution is 5.44. The minimum absolute atomic E-state index is 0.0602. The maximum absolute atomic E-state index is 6.59. The van der Waals surface area contributed by atoms with Crippen LogP contribution in [0.3, 0.4) is 0 Å². The number of fused-ring (bicyclic) bond motifs is 1. The molecule has 98 valence electrons. The summed E-state index contributed by atoms with van der Waals surface area (Å²) in [4.78, 5) is 0. The van der Waals surface area contributed by atoms with Crippen molar-refractivity contribution in [3.8, 4) is 5.75 Å². The van der Waals surface area contributed by atoms with Gasteiger partial charge in [-0.2, -0.15) is 0 Å². The van der Waals surface area contributed by atoms with Crippen molar-refractivity contribution in [2.45, 2.75) is 63.5 Å². The van der Waals surface area contributed by atoms with Gasteiger partial charge in [0.15, 0.2) is 0 Å². The van der Waals surface area contributed by atoms with Crippen LogP contribution in [0.4, 0.5) is 0 Å². The van der Waals surface area contributed by atoms with Gasteiger partial charge in [0.1, 0.15) is 11.4 Å². The number of nitrogens with two attached hydrogens (primary N) is 1. The molecule has 0 spiro atoms. The SMILES string of the molecule is CC1(C)Cc2ccc(C3(N)CCCCC3)cc2O1. The lowest BCUT2D eigenvalue weighted by molar-refractivity contribution is 0.138. The summed E-state index contributed by atoms with van der Waals surface area (Å²) in [6, 6.07) is 6.62. The third-order valence-electron chi connectivity index (χ3n) is 4.39. The average molecular weight is 245 g/mol. The Morgan fingerprint density at radius 3 is 2.56 bits per heavy atom. The Kier molecular flexibility index (Phi) is 2.67. The van der Waals surface area contributed by atoms with Crippen LogP contribution in [0.25, 0.3) is 0 Å². The van der Waals surface area contributed by atoms with Gasteiger partial charge in [-0.3, -0.25) is 0 Å². The molecule has 2 heteroatoms. The first-order chi connectivity index (χ1) is 8.49. The van der Waals surface area contributed by atoms with Crippen LogP contribution in [0.5, 0.6) is 5.75 Å². The van der Waals surface area contributed by atoms with E-state index in [0.717, 1.165) is 25.0 Å². The van der Waals surface area contributed by atoms with Gasteiger partial charge in [-0.1, -0.05) is 31.4 Å². The van der Waals surface area contributed by atoms with Crippen LogP contribution in [0.15, 0.2) is 18.2 Å². The first kappa shape index (κ1) is 12.0. The molecule has 0 unspecified atom stereocenters. The van der Waals surface area contributed by atoms with Gasteiger partial charge in [-0.05, 0) is 43.9 Å². The molecular weight excluding hydrogens is 222 g/mol. The molecule has 2 N–H and O–H groups in total. The molecule has 1 aliphatic heterocycles. The molecule has 0 amide bonds. The molecule has 1 heterocycles. The predicted octanol–water partition coefficient (Wildman–Crippen LogP) is 3.52. The topological polar surface area (TPSA) is 35.2 Å². The molecule has 0 bridgehead atoms. The van der Waals surface area contributed by atoms with Crippen molar-refractivity contribution in [3.63, 3.8) is 0 Å². The fourth-order valence-electron chi connectivity index (χ4n) is 3.37. The normalized spacial score (nSPS) is 24.4. The van der Waals surface area contributed by atoms with E-state index in [2.05, 4.69) is 32.0 Å². The van der Waals surface area contributed by atoms with E-state index in [9.17, 15) is 0 Å². The number of hydrogen-bond acceptors (Lipinski definition) is 2. The van der Waals surface area contributed by atoms with Crippen molar-refractivity contribution in [3.05, 3.63) is 29.3 Å². The smallest absolute Gasteiger partial charge is 0.123 e. The first-order valence-electron chi connectivity index (χ1n) is 7.10. The largest absolute Gasteiger partial charge is 0.487 e. The Labute approximate surface area is 110 Å². The van der Waals surface area contributed by atoms with Crippen LogP contribution in [0, 0.1) is 0 Å². The summed E-state index contributed by atoms with van der Waals surface area (Å²) in [5.74, 6) is 1.05. The molecule has 0 aromatic heterocycles.